The second-order valence-electron chi connectivity index (χ2n) is 2.83. The summed E-state index contributed by atoms with van der Waals surface area (Å²) in [6.07, 6.45) is -7.33. The Hall–Kier alpha value is -1.43. The van der Waals surface area contributed by atoms with Gasteiger partial charge in [0.2, 0.25) is 0 Å². The lowest BCUT2D eigenvalue weighted by Crippen LogP contribution is -2.21. The van der Waals surface area contributed by atoms with Crippen LogP contribution in [0.4, 0.5) is 24.5 Å². The van der Waals surface area contributed by atoms with Crippen molar-refractivity contribution >= 4 is 11.4 Å². The number of hydrogen-bond donors (Lipinski definition) is 3. The van der Waals surface area contributed by atoms with Crippen LogP contribution in [0.1, 0.15) is 11.7 Å². The Kier molecular flexibility index (Phi) is 2.57. The molecule has 0 aliphatic carbocycles. The van der Waals surface area contributed by atoms with Crippen molar-refractivity contribution in [2.24, 2.45) is 0 Å². The molecular formula is C8H9F3N2O. The molecule has 0 aliphatic rings. The van der Waals surface area contributed by atoms with Crippen molar-refractivity contribution in [3.63, 3.8) is 0 Å². The van der Waals surface area contributed by atoms with E-state index < -0.39 is 17.8 Å². The van der Waals surface area contributed by atoms with E-state index in [1.54, 1.807) is 0 Å². The summed E-state index contributed by atoms with van der Waals surface area (Å²) in [5.41, 5.74) is 10.1. The van der Waals surface area contributed by atoms with Crippen LogP contribution in [-0.4, -0.2) is 11.3 Å². The zero-order chi connectivity index (χ0) is 10.9. The number of halogens is 3. The van der Waals surface area contributed by atoms with Gasteiger partial charge >= 0.3 is 6.18 Å². The van der Waals surface area contributed by atoms with Gasteiger partial charge in [-0.25, -0.2) is 0 Å². The maximum atomic E-state index is 12.1. The van der Waals surface area contributed by atoms with Gasteiger partial charge in [0, 0.05) is 16.9 Å². The molecule has 1 atom stereocenters. The summed E-state index contributed by atoms with van der Waals surface area (Å²) in [4.78, 5) is 0. The molecule has 0 saturated carbocycles. The van der Waals surface area contributed by atoms with E-state index in [9.17, 15) is 13.2 Å². The maximum Gasteiger partial charge on any atom is 0.418 e. The lowest BCUT2D eigenvalue weighted by Gasteiger charge is -2.16. The lowest BCUT2D eigenvalue weighted by atomic mass is 10.1. The highest BCUT2D eigenvalue weighted by Gasteiger charge is 2.40. The molecule has 0 amide bonds. The number of aliphatic hydroxyl groups excluding tert-OH is 1. The van der Waals surface area contributed by atoms with Gasteiger partial charge in [-0.1, -0.05) is 0 Å². The van der Waals surface area contributed by atoms with Crippen LogP contribution in [0.15, 0.2) is 18.2 Å². The molecule has 0 aliphatic heterocycles. The molecule has 0 fully saturated rings. The van der Waals surface area contributed by atoms with Crippen molar-refractivity contribution in [3.8, 4) is 0 Å². The van der Waals surface area contributed by atoms with Crippen molar-refractivity contribution in [2.45, 2.75) is 12.3 Å². The molecule has 1 aromatic rings. The van der Waals surface area contributed by atoms with Crippen LogP contribution in [0.3, 0.4) is 0 Å². The highest BCUT2D eigenvalue weighted by Crippen LogP contribution is 2.35. The van der Waals surface area contributed by atoms with Crippen molar-refractivity contribution in [2.75, 3.05) is 11.5 Å². The Labute approximate surface area is 78.1 Å². The van der Waals surface area contributed by atoms with E-state index in [-0.39, 0.29) is 11.4 Å². The number of nitrogen functional groups attached to an aromatic ring is 2. The Morgan fingerprint density at radius 3 is 2.29 bits per heavy atom. The monoisotopic (exact) mass is 206 g/mol. The number of alkyl halides is 3. The predicted octanol–water partition coefficient (Wildman–Crippen LogP) is 1.45. The van der Waals surface area contributed by atoms with E-state index in [1.807, 2.05) is 0 Å². The van der Waals surface area contributed by atoms with Gasteiger partial charge in [0.05, 0.1) is 0 Å². The number of benzene rings is 1. The van der Waals surface area contributed by atoms with E-state index in [0.717, 1.165) is 6.07 Å². The van der Waals surface area contributed by atoms with Gasteiger partial charge in [-0.2, -0.15) is 13.2 Å². The van der Waals surface area contributed by atoms with E-state index in [1.165, 1.54) is 12.1 Å². The molecule has 1 aromatic carbocycles. The molecule has 78 valence electrons. The van der Waals surface area contributed by atoms with Crippen LogP contribution in [0.25, 0.3) is 0 Å². The zero-order valence-electron chi connectivity index (χ0n) is 7.05. The van der Waals surface area contributed by atoms with Crippen LogP contribution in [-0.2, 0) is 0 Å². The van der Waals surface area contributed by atoms with Crippen LogP contribution in [0.5, 0.6) is 0 Å². The highest BCUT2D eigenvalue weighted by atomic mass is 19.4. The first-order valence-electron chi connectivity index (χ1n) is 3.72. The first-order valence-corrected chi connectivity index (χ1v) is 3.72. The Morgan fingerprint density at radius 2 is 1.79 bits per heavy atom. The highest BCUT2D eigenvalue weighted by molar-refractivity contribution is 5.56. The Bertz CT molecular complexity index is 338. The lowest BCUT2D eigenvalue weighted by molar-refractivity contribution is -0.206. The number of hydrogen-bond acceptors (Lipinski definition) is 3. The van der Waals surface area contributed by atoms with Gasteiger partial charge in [-0.05, 0) is 18.2 Å². The fraction of sp³-hybridized carbons (Fsp3) is 0.250. The molecule has 1 unspecified atom stereocenters. The third-order valence-corrected chi connectivity index (χ3v) is 1.72. The molecule has 0 bridgehead atoms. The fourth-order valence-corrected chi connectivity index (χ4v) is 1.01. The summed E-state index contributed by atoms with van der Waals surface area (Å²) >= 11 is 0. The summed E-state index contributed by atoms with van der Waals surface area (Å²) < 4.78 is 36.3. The number of rotatable bonds is 1. The van der Waals surface area contributed by atoms with Gasteiger partial charge in [-0.3, -0.25) is 0 Å². The standard InChI is InChI=1S/C8H9F3N2O/c9-8(10,11)7(14)5-3-4(12)1-2-6(5)13/h1-3,7,14H,12-13H2. The van der Waals surface area contributed by atoms with Crippen LogP contribution in [0.2, 0.25) is 0 Å². The minimum atomic E-state index is -4.73. The average Bonchev–Trinajstić information content (AvgIpc) is 2.06. The molecule has 14 heavy (non-hydrogen) atoms. The van der Waals surface area contributed by atoms with E-state index in [2.05, 4.69) is 0 Å². The molecule has 0 heterocycles. The predicted molar refractivity (Wildman–Crippen MR) is 46.3 cm³/mol. The second-order valence-corrected chi connectivity index (χ2v) is 2.83. The van der Waals surface area contributed by atoms with Crippen molar-refractivity contribution in [1.82, 2.24) is 0 Å². The van der Waals surface area contributed by atoms with Gasteiger partial charge < -0.3 is 16.6 Å². The molecule has 0 radical (unpaired) electrons. The Morgan fingerprint density at radius 1 is 1.21 bits per heavy atom. The van der Waals surface area contributed by atoms with E-state index >= 15 is 0 Å². The molecule has 5 N–H and O–H groups in total. The van der Waals surface area contributed by atoms with Crippen molar-refractivity contribution in [1.29, 1.82) is 0 Å². The molecule has 1 rings (SSSR count). The summed E-state index contributed by atoms with van der Waals surface area (Å²) in [7, 11) is 0. The van der Waals surface area contributed by atoms with E-state index in [0.29, 0.717) is 0 Å². The third-order valence-electron chi connectivity index (χ3n) is 1.72. The summed E-state index contributed by atoms with van der Waals surface area (Å²) in [6.45, 7) is 0. The van der Waals surface area contributed by atoms with Gasteiger partial charge in [0.1, 0.15) is 0 Å². The van der Waals surface area contributed by atoms with Crippen LogP contribution in [0, 0.1) is 0 Å². The largest absolute Gasteiger partial charge is 0.418 e. The molecule has 0 aromatic heterocycles. The third kappa shape index (κ3) is 2.08. The number of anilines is 2. The van der Waals surface area contributed by atoms with Crippen molar-refractivity contribution < 1.29 is 18.3 Å². The summed E-state index contributed by atoms with van der Waals surface area (Å²) in [6, 6.07) is 3.59. The molecule has 3 nitrogen and oxygen atoms in total. The molecule has 0 spiro atoms. The molecule has 6 heteroatoms. The first-order chi connectivity index (χ1) is 6.32. The minimum absolute atomic E-state index is 0.123. The normalized spacial score (nSPS) is 14.0. The maximum absolute atomic E-state index is 12.1. The zero-order valence-corrected chi connectivity index (χ0v) is 7.05. The van der Waals surface area contributed by atoms with Crippen molar-refractivity contribution in [3.05, 3.63) is 23.8 Å². The molecule has 0 saturated heterocycles. The summed E-state index contributed by atoms with van der Waals surface area (Å²) in [5.74, 6) is 0. The number of aliphatic hydroxyl groups is 1. The van der Waals surface area contributed by atoms with Crippen LogP contribution >= 0.6 is 0 Å². The number of nitrogens with two attached hydrogens (primary N) is 2. The smallest absolute Gasteiger partial charge is 0.399 e. The second kappa shape index (κ2) is 3.38. The molecular weight excluding hydrogens is 197 g/mol. The first kappa shape index (κ1) is 10.6. The topological polar surface area (TPSA) is 72.3 Å². The Balaban J connectivity index is 3.12. The summed E-state index contributed by atoms with van der Waals surface area (Å²) in [5, 5.41) is 8.90. The van der Waals surface area contributed by atoms with Gasteiger partial charge in [0.25, 0.3) is 0 Å². The minimum Gasteiger partial charge on any atom is -0.399 e. The van der Waals surface area contributed by atoms with Gasteiger partial charge in [-0.15, -0.1) is 0 Å². The van der Waals surface area contributed by atoms with Crippen LogP contribution < -0.4 is 11.5 Å². The van der Waals surface area contributed by atoms with E-state index in [4.69, 9.17) is 16.6 Å². The average molecular weight is 206 g/mol. The SMILES string of the molecule is Nc1ccc(N)c(C(O)C(F)(F)F)c1. The quantitative estimate of drug-likeness (QED) is 0.609. The van der Waals surface area contributed by atoms with Gasteiger partial charge in [0.15, 0.2) is 6.10 Å². The fourth-order valence-electron chi connectivity index (χ4n) is 1.01.